The van der Waals surface area contributed by atoms with Gasteiger partial charge in [0, 0.05) is 24.8 Å². The number of carbonyl (C=O) groups is 1. The summed E-state index contributed by atoms with van der Waals surface area (Å²) in [6.07, 6.45) is 1.93. The van der Waals surface area contributed by atoms with Crippen LogP contribution in [-0.4, -0.2) is 25.0 Å². The van der Waals surface area contributed by atoms with Crippen molar-refractivity contribution < 1.29 is 4.79 Å². The number of aryl methyl sites for hydroxylation is 1. The third kappa shape index (κ3) is 3.76. The molecule has 116 valence electrons. The second-order valence-corrected chi connectivity index (χ2v) is 6.08. The van der Waals surface area contributed by atoms with Crippen molar-refractivity contribution in [3.8, 4) is 0 Å². The predicted octanol–water partition coefficient (Wildman–Crippen LogP) is 2.19. The molecule has 1 fully saturated rings. The minimum absolute atomic E-state index is 0.0259. The van der Waals surface area contributed by atoms with Crippen molar-refractivity contribution in [2.75, 3.05) is 18.0 Å². The number of anilines is 1. The van der Waals surface area contributed by atoms with Crippen LogP contribution in [0.2, 0.25) is 0 Å². The van der Waals surface area contributed by atoms with E-state index in [9.17, 15) is 4.79 Å². The fraction of sp³-hybridized carbons (Fsp3) is 0.588. The topological polar surface area (TPSA) is 58.4 Å². The highest BCUT2D eigenvalue weighted by Crippen LogP contribution is 2.30. The minimum Gasteiger partial charge on any atom is -0.369 e. The molecule has 0 bridgehead atoms. The Kier molecular flexibility index (Phi) is 5.23. The Bertz CT molecular complexity index is 501. The van der Waals surface area contributed by atoms with Gasteiger partial charge in [-0.1, -0.05) is 19.1 Å². The molecule has 4 heteroatoms. The third-order valence-electron chi connectivity index (χ3n) is 4.43. The minimum atomic E-state index is -0.173. The number of rotatable bonds is 5. The molecule has 2 atom stereocenters. The first kappa shape index (κ1) is 15.8. The number of hydrogen-bond acceptors (Lipinski definition) is 3. The van der Waals surface area contributed by atoms with Gasteiger partial charge in [-0.25, -0.2) is 0 Å². The van der Waals surface area contributed by atoms with E-state index in [2.05, 4.69) is 49.2 Å². The number of nitrogens with zero attached hydrogens (tertiary/aromatic N) is 1. The van der Waals surface area contributed by atoms with Crippen molar-refractivity contribution in [1.29, 1.82) is 0 Å². The van der Waals surface area contributed by atoms with Gasteiger partial charge in [0.1, 0.15) is 0 Å². The maximum absolute atomic E-state index is 11.5. The van der Waals surface area contributed by atoms with Gasteiger partial charge in [-0.15, -0.1) is 0 Å². The second-order valence-electron chi connectivity index (χ2n) is 6.08. The lowest BCUT2D eigenvalue weighted by Gasteiger charge is -2.39. The van der Waals surface area contributed by atoms with E-state index in [1.54, 1.807) is 0 Å². The molecule has 1 aliphatic rings. The average molecular weight is 289 g/mol. The molecule has 1 heterocycles. The lowest BCUT2D eigenvalue weighted by atomic mass is 9.91. The van der Waals surface area contributed by atoms with E-state index in [1.807, 2.05) is 0 Å². The predicted molar refractivity (Wildman–Crippen MR) is 87.3 cm³/mol. The second kappa shape index (κ2) is 6.94. The zero-order valence-corrected chi connectivity index (χ0v) is 13.4. The number of primary amides is 1. The molecule has 0 aliphatic carbocycles. The number of nitrogens with two attached hydrogens (primary N) is 1. The van der Waals surface area contributed by atoms with Crippen LogP contribution < -0.4 is 16.0 Å². The van der Waals surface area contributed by atoms with Crippen LogP contribution in [0.3, 0.4) is 0 Å². The van der Waals surface area contributed by atoms with E-state index < -0.39 is 0 Å². The van der Waals surface area contributed by atoms with Gasteiger partial charge >= 0.3 is 0 Å². The molecule has 21 heavy (non-hydrogen) atoms. The normalized spacial score (nSPS) is 22.3. The highest BCUT2D eigenvalue weighted by molar-refractivity contribution is 5.77. The first-order chi connectivity index (χ1) is 10.0. The highest BCUT2D eigenvalue weighted by Gasteiger charge is 2.29. The van der Waals surface area contributed by atoms with Crippen molar-refractivity contribution in [2.24, 2.45) is 11.7 Å². The zero-order valence-electron chi connectivity index (χ0n) is 13.4. The average Bonchev–Trinajstić information content (AvgIpc) is 2.46. The van der Waals surface area contributed by atoms with E-state index >= 15 is 0 Å². The molecule has 0 saturated carbocycles. The number of benzene rings is 1. The number of amides is 1. The van der Waals surface area contributed by atoms with E-state index in [0.29, 0.717) is 6.04 Å². The lowest BCUT2D eigenvalue weighted by molar-refractivity contribution is -0.122. The zero-order chi connectivity index (χ0) is 15.4. The van der Waals surface area contributed by atoms with Crippen molar-refractivity contribution in [1.82, 2.24) is 5.32 Å². The van der Waals surface area contributed by atoms with Crippen molar-refractivity contribution >= 4 is 11.6 Å². The van der Waals surface area contributed by atoms with E-state index in [4.69, 9.17) is 5.73 Å². The van der Waals surface area contributed by atoms with Crippen molar-refractivity contribution in [2.45, 2.75) is 46.2 Å². The molecule has 1 aliphatic heterocycles. The fourth-order valence-corrected chi connectivity index (χ4v) is 3.09. The van der Waals surface area contributed by atoms with Gasteiger partial charge in [-0.05, 0) is 50.4 Å². The van der Waals surface area contributed by atoms with Crippen LogP contribution in [0.25, 0.3) is 0 Å². The highest BCUT2D eigenvalue weighted by atomic mass is 16.1. The largest absolute Gasteiger partial charge is 0.369 e. The van der Waals surface area contributed by atoms with Crippen LogP contribution in [-0.2, 0) is 11.3 Å². The first-order valence-corrected chi connectivity index (χ1v) is 7.89. The van der Waals surface area contributed by atoms with E-state index in [-0.39, 0.29) is 11.8 Å². The molecular formula is C17H27N3O. The Morgan fingerprint density at radius 1 is 1.43 bits per heavy atom. The number of carbonyl (C=O) groups excluding carboxylic acids is 1. The fourth-order valence-electron chi connectivity index (χ4n) is 3.09. The summed E-state index contributed by atoms with van der Waals surface area (Å²) in [6, 6.07) is 7.05. The van der Waals surface area contributed by atoms with Crippen LogP contribution >= 0.6 is 0 Å². The molecule has 0 aromatic heterocycles. The van der Waals surface area contributed by atoms with Crippen LogP contribution in [0.1, 0.15) is 37.8 Å². The summed E-state index contributed by atoms with van der Waals surface area (Å²) in [5.74, 6) is -0.199. The smallest absolute Gasteiger partial charge is 0.222 e. The van der Waals surface area contributed by atoms with Gasteiger partial charge in [0.15, 0.2) is 0 Å². The third-order valence-corrected chi connectivity index (χ3v) is 4.43. The van der Waals surface area contributed by atoms with Crippen LogP contribution in [0, 0.1) is 12.8 Å². The molecule has 0 radical (unpaired) electrons. The van der Waals surface area contributed by atoms with Gasteiger partial charge < -0.3 is 16.0 Å². The summed E-state index contributed by atoms with van der Waals surface area (Å²) in [5.41, 5.74) is 9.29. The molecule has 2 unspecified atom stereocenters. The summed E-state index contributed by atoms with van der Waals surface area (Å²) < 4.78 is 0. The lowest BCUT2D eigenvalue weighted by Crippen LogP contribution is -2.46. The molecule has 3 N–H and O–H groups in total. The Labute approximate surface area is 127 Å². The molecule has 4 nitrogen and oxygen atoms in total. The van der Waals surface area contributed by atoms with Crippen LogP contribution in [0.15, 0.2) is 18.2 Å². The number of piperidine rings is 1. The van der Waals surface area contributed by atoms with E-state index in [1.165, 1.54) is 16.8 Å². The Balaban J connectivity index is 2.17. The Hall–Kier alpha value is -1.55. The monoisotopic (exact) mass is 289 g/mol. The molecule has 1 aromatic carbocycles. The van der Waals surface area contributed by atoms with Crippen molar-refractivity contribution in [3.05, 3.63) is 29.3 Å². The Morgan fingerprint density at radius 2 is 2.19 bits per heavy atom. The maximum atomic E-state index is 11.5. The summed E-state index contributed by atoms with van der Waals surface area (Å²) in [5, 5.41) is 3.35. The molecule has 1 amide bonds. The number of hydrogen-bond donors (Lipinski definition) is 2. The summed E-state index contributed by atoms with van der Waals surface area (Å²) in [6.45, 7) is 9.10. The summed E-state index contributed by atoms with van der Waals surface area (Å²) in [7, 11) is 0. The van der Waals surface area contributed by atoms with Gasteiger partial charge in [0.25, 0.3) is 0 Å². The number of nitrogens with one attached hydrogen (secondary N) is 1. The van der Waals surface area contributed by atoms with Gasteiger partial charge in [-0.2, -0.15) is 0 Å². The van der Waals surface area contributed by atoms with Gasteiger partial charge in [-0.3, -0.25) is 4.79 Å². The first-order valence-electron chi connectivity index (χ1n) is 7.89. The molecule has 1 aromatic rings. The summed E-state index contributed by atoms with van der Waals surface area (Å²) >= 11 is 0. The van der Waals surface area contributed by atoms with Gasteiger partial charge in [0.05, 0.1) is 5.92 Å². The molecule has 2 rings (SSSR count). The molecular weight excluding hydrogens is 262 g/mol. The maximum Gasteiger partial charge on any atom is 0.222 e. The SMILES string of the molecule is CCNCc1ccc(N2CC(C(N)=O)CCC2C)c(C)c1. The molecule has 0 spiro atoms. The van der Waals surface area contributed by atoms with E-state index in [0.717, 1.165) is 32.5 Å². The molecule has 1 saturated heterocycles. The Morgan fingerprint density at radius 3 is 2.81 bits per heavy atom. The van der Waals surface area contributed by atoms with Crippen LogP contribution in [0.4, 0.5) is 5.69 Å². The van der Waals surface area contributed by atoms with Gasteiger partial charge in [0.2, 0.25) is 5.91 Å². The standard InChI is InChI=1S/C17H27N3O/c1-4-19-10-14-6-8-16(12(2)9-14)20-11-15(17(18)21)7-5-13(20)3/h6,8-9,13,15,19H,4-5,7,10-11H2,1-3H3,(H2,18,21). The summed E-state index contributed by atoms with van der Waals surface area (Å²) in [4.78, 5) is 13.8. The van der Waals surface area contributed by atoms with Crippen LogP contribution in [0.5, 0.6) is 0 Å². The van der Waals surface area contributed by atoms with Crippen molar-refractivity contribution in [3.63, 3.8) is 0 Å². The quantitative estimate of drug-likeness (QED) is 0.873.